The van der Waals surface area contributed by atoms with Crippen molar-refractivity contribution in [2.75, 3.05) is 0 Å². The highest BCUT2D eigenvalue weighted by molar-refractivity contribution is 5.28. The van der Waals surface area contributed by atoms with Gasteiger partial charge >= 0.3 is 0 Å². The van der Waals surface area contributed by atoms with Gasteiger partial charge in [-0.05, 0) is 43.4 Å². The maximum Gasteiger partial charge on any atom is 0.126 e. The van der Waals surface area contributed by atoms with Crippen molar-refractivity contribution in [2.45, 2.75) is 38.7 Å². The molecule has 1 aliphatic carbocycles. The minimum Gasteiger partial charge on any atom is -0.385 e. The summed E-state index contributed by atoms with van der Waals surface area (Å²) in [5.41, 5.74) is 0.622. The van der Waals surface area contributed by atoms with Gasteiger partial charge in [-0.1, -0.05) is 25.0 Å². The maximum atomic E-state index is 13.1. The third kappa shape index (κ3) is 2.37. The topological polar surface area (TPSA) is 20.2 Å². The van der Waals surface area contributed by atoms with Crippen molar-refractivity contribution in [3.8, 4) is 0 Å². The second-order valence-corrected chi connectivity index (χ2v) is 4.89. The fourth-order valence-electron chi connectivity index (χ4n) is 1.98. The fourth-order valence-corrected chi connectivity index (χ4v) is 1.98. The lowest BCUT2D eigenvalue weighted by molar-refractivity contribution is 0.0416. The molecule has 1 aliphatic rings. The van der Waals surface area contributed by atoms with E-state index in [0.717, 1.165) is 12.0 Å². The van der Waals surface area contributed by atoms with Gasteiger partial charge in [0.25, 0.3) is 0 Å². The second-order valence-electron chi connectivity index (χ2n) is 4.89. The Morgan fingerprint density at radius 3 is 2.67 bits per heavy atom. The van der Waals surface area contributed by atoms with E-state index in [1.54, 1.807) is 19.1 Å². The van der Waals surface area contributed by atoms with Crippen molar-refractivity contribution >= 4 is 0 Å². The van der Waals surface area contributed by atoms with Crippen molar-refractivity contribution in [1.82, 2.24) is 0 Å². The van der Waals surface area contributed by atoms with Crippen LogP contribution in [0.15, 0.2) is 18.2 Å². The molecule has 0 aromatic heterocycles. The lowest BCUT2D eigenvalue weighted by atomic mass is 9.89. The molecule has 1 N–H and O–H groups in total. The van der Waals surface area contributed by atoms with E-state index >= 15 is 0 Å². The number of hydrogen-bond acceptors (Lipinski definition) is 1. The van der Waals surface area contributed by atoms with Gasteiger partial charge in [-0.3, -0.25) is 0 Å². The molecule has 1 aromatic rings. The zero-order chi connectivity index (χ0) is 11.1. The standard InChI is InChI=1S/C13H17FO/c1-9-7-11(5-6-12(9)14)13(2,15)8-10-3-4-10/h5-7,10,15H,3-4,8H2,1-2H3. The monoisotopic (exact) mass is 208 g/mol. The molecule has 1 saturated carbocycles. The molecule has 2 rings (SSSR count). The molecule has 1 atom stereocenters. The van der Waals surface area contributed by atoms with Crippen LogP contribution < -0.4 is 0 Å². The van der Waals surface area contributed by atoms with E-state index in [4.69, 9.17) is 0 Å². The first-order valence-electron chi connectivity index (χ1n) is 5.48. The Morgan fingerprint density at radius 2 is 2.13 bits per heavy atom. The Balaban J connectivity index is 2.22. The first-order valence-corrected chi connectivity index (χ1v) is 5.48. The predicted molar refractivity (Wildman–Crippen MR) is 58.0 cm³/mol. The average molecular weight is 208 g/mol. The van der Waals surface area contributed by atoms with Gasteiger partial charge < -0.3 is 5.11 Å². The third-order valence-electron chi connectivity index (χ3n) is 3.16. The Kier molecular flexibility index (Phi) is 2.55. The van der Waals surface area contributed by atoms with Crippen LogP contribution in [0.4, 0.5) is 4.39 Å². The Hall–Kier alpha value is -0.890. The van der Waals surface area contributed by atoms with Crippen LogP contribution in [-0.4, -0.2) is 5.11 Å². The highest BCUT2D eigenvalue weighted by atomic mass is 19.1. The molecule has 1 nitrogen and oxygen atoms in total. The molecule has 1 aromatic carbocycles. The number of rotatable bonds is 3. The van der Waals surface area contributed by atoms with Gasteiger partial charge in [-0.15, -0.1) is 0 Å². The number of hydrogen-bond donors (Lipinski definition) is 1. The number of halogens is 1. The molecule has 2 heteroatoms. The highest BCUT2D eigenvalue weighted by Gasteiger charge is 2.33. The highest BCUT2D eigenvalue weighted by Crippen LogP contribution is 2.40. The molecule has 15 heavy (non-hydrogen) atoms. The molecule has 1 unspecified atom stereocenters. The van der Waals surface area contributed by atoms with Crippen molar-refractivity contribution < 1.29 is 9.50 Å². The minimum absolute atomic E-state index is 0.207. The summed E-state index contributed by atoms with van der Waals surface area (Å²) in [6, 6.07) is 4.87. The maximum absolute atomic E-state index is 13.1. The molecule has 0 heterocycles. The third-order valence-corrected chi connectivity index (χ3v) is 3.16. The molecule has 0 amide bonds. The molecule has 0 saturated heterocycles. The van der Waals surface area contributed by atoms with Gasteiger partial charge in [0.2, 0.25) is 0 Å². The number of aliphatic hydroxyl groups is 1. The fraction of sp³-hybridized carbons (Fsp3) is 0.538. The van der Waals surface area contributed by atoms with Crippen LogP contribution in [0.5, 0.6) is 0 Å². The van der Waals surface area contributed by atoms with Gasteiger partial charge in [0.1, 0.15) is 5.82 Å². The van der Waals surface area contributed by atoms with E-state index in [2.05, 4.69) is 0 Å². The van der Waals surface area contributed by atoms with E-state index in [1.807, 2.05) is 6.92 Å². The Bertz CT molecular complexity index is 367. The molecule has 0 spiro atoms. The van der Waals surface area contributed by atoms with Crippen LogP contribution in [0, 0.1) is 18.7 Å². The predicted octanol–water partition coefficient (Wildman–Crippen LogP) is 3.14. The molecule has 0 radical (unpaired) electrons. The summed E-state index contributed by atoms with van der Waals surface area (Å²) in [7, 11) is 0. The van der Waals surface area contributed by atoms with E-state index in [-0.39, 0.29) is 5.82 Å². The first kappa shape index (κ1) is 10.6. The molecular weight excluding hydrogens is 191 g/mol. The van der Waals surface area contributed by atoms with Crippen LogP contribution in [0.25, 0.3) is 0 Å². The SMILES string of the molecule is Cc1cc(C(C)(O)CC2CC2)ccc1F. The van der Waals surface area contributed by atoms with Crippen molar-refractivity contribution in [3.05, 3.63) is 35.1 Å². The van der Waals surface area contributed by atoms with Gasteiger partial charge in [-0.25, -0.2) is 4.39 Å². The summed E-state index contributed by atoms with van der Waals surface area (Å²) in [6.07, 6.45) is 3.23. The summed E-state index contributed by atoms with van der Waals surface area (Å²) in [6.45, 7) is 3.55. The zero-order valence-electron chi connectivity index (χ0n) is 9.26. The van der Waals surface area contributed by atoms with Gasteiger partial charge in [0.05, 0.1) is 5.60 Å². The van der Waals surface area contributed by atoms with Crippen LogP contribution in [0.1, 0.15) is 37.3 Å². The number of benzene rings is 1. The molecular formula is C13H17FO. The van der Waals surface area contributed by atoms with Gasteiger partial charge in [-0.2, -0.15) is 0 Å². The van der Waals surface area contributed by atoms with Crippen molar-refractivity contribution in [1.29, 1.82) is 0 Å². The largest absolute Gasteiger partial charge is 0.385 e. The van der Waals surface area contributed by atoms with E-state index in [0.29, 0.717) is 11.5 Å². The quantitative estimate of drug-likeness (QED) is 0.809. The number of aryl methyl sites for hydroxylation is 1. The van der Waals surface area contributed by atoms with Crippen molar-refractivity contribution in [3.63, 3.8) is 0 Å². The van der Waals surface area contributed by atoms with E-state index in [1.165, 1.54) is 18.9 Å². The summed E-state index contributed by atoms with van der Waals surface area (Å²) in [4.78, 5) is 0. The molecule has 0 bridgehead atoms. The molecule has 1 fully saturated rings. The lowest BCUT2D eigenvalue weighted by Crippen LogP contribution is -2.22. The molecule has 82 valence electrons. The van der Waals surface area contributed by atoms with Gasteiger partial charge in [0, 0.05) is 0 Å². The Labute approximate surface area is 89.9 Å². The summed E-state index contributed by atoms with van der Waals surface area (Å²) >= 11 is 0. The molecule has 0 aliphatic heterocycles. The minimum atomic E-state index is -0.806. The smallest absolute Gasteiger partial charge is 0.126 e. The Morgan fingerprint density at radius 1 is 1.47 bits per heavy atom. The summed E-state index contributed by atoms with van der Waals surface area (Å²) in [5, 5.41) is 10.3. The lowest BCUT2D eigenvalue weighted by Gasteiger charge is -2.24. The second kappa shape index (κ2) is 3.60. The summed E-state index contributed by atoms with van der Waals surface area (Å²) < 4.78 is 13.1. The van der Waals surface area contributed by atoms with Crippen LogP contribution >= 0.6 is 0 Å². The van der Waals surface area contributed by atoms with E-state index < -0.39 is 5.60 Å². The summed E-state index contributed by atoms with van der Waals surface area (Å²) in [5.74, 6) is 0.450. The van der Waals surface area contributed by atoms with E-state index in [9.17, 15) is 9.50 Å². The average Bonchev–Trinajstić information content (AvgIpc) is 2.92. The van der Waals surface area contributed by atoms with Crippen LogP contribution in [-0.2, 0) is 5.60 Å². The normalized spacial score (nSPS) is 20.0. The van der Waals surface area contributed by atoms with Crippen molar-refractivity contribution in [2.24, 2.45) is 5.92 Å². The van der Waals surface area contributed by atoms with Gasteiger partial charge in [0.15, 0.2) is 0 Å². The van der Waals surface area contributed by atoms with Crippen LogP contribution in [0.3, 0.4) is 0 Å². The zero-order valence-corrected chi connectivity index (χ0v) is 9.26. The first-order chi connectivity index (χ1) is 6.99. The van der Waals surface area contributed by atoms with Crippen LogP contribution in [0.2, 0.25) is 0 Å².